The van der Waals surface area contributed by atoms with Gasteiger partial charge in [0.05, 0.1) is 11.4 Å². The van der Waals surface area contributed by atoms with Gasteiger partial charge in [-0.15, -0.1) is 0 Å². The van der Waals surface area contributed by atoms with Gasteiger partial charge in [0.2, 0.25) is 0 Å². The lowest BCUT2D eigenvalue weighted by Crippen LogP contribution is -2.39. The lowest BCUT2D eigenvalue weighted by molar-refractivity contribution is -0.121. The number of aromatic amines is 1. The molecule has 0 unspecified atom stereocenters. The fourth-order valence-electron chi connectivity index (χ4n) is 4.76. The molecule has 2 aliphatic rings. The number of nitrogens with one attached hydrogen (secondary N) is 2. The predicted molar refractivity (Wildman–Crippen MR) is 125 cm³/mol. The number of hydrogen-bond acceptors (Lipinski definition) is 5. The highest BCUT2D eigenvalue weighted by atomic mass is 35.5. The zero-order chi connectivity index (χ0) is 22.1. The zero-order valence-corrected chi connectivity index (χ0v) is 18.6. The van der Waals surface area contributed by atoms with Crippen molar-refractivity contribution >= 4 is 39.9 Å². The Bertz CT molecular complexity index is 1090. The molecule has 2 atom stereocenters. The largest absolute Gasteiger partial charge is 0.375 e. The van der Waals surface area contributed by atoms with E-state index < -0.39 is 5.82 Å². The Kier molecular flexibility index (Phi) is 6.00. The van der Waals surface area contributed by atoms with Crippen molar-refractivity contribution in [3.63, 3.8) is 0 Å². The monoisotopic (exact) mass is 455 g/mol. The van der Waals surface area contributed by atoms with Crippen LogP contribution in [0.5, 0.6) is 0 Å². The number of carbonyl (C=O) groups is 1. The fraction of sp³-hybridized carbons (Fsp3) is 0.458. The van der Waals surface area contributed by atoms with E-state index in [0.717, 1.165) is 62.0 Å². The summed E-state index contributed by atoms with van der Waals surface area (Å²) in [5, 5.41) is 4.61. The molecule has 1 aliphatic heterocycles. The van der Waals surface area contributed by atoms with Crippen molar-refractivity contribution in [2.24, 2.45) is 11.8 Å². The van der Waals surface area contributed by atoms with Crippen LogP contribution in [0.2, 0.25) is 5.02 Å². The smallest absolute Gasteiger partial charge is 0.155 e. The summed E-state index contributed by atoms with van der Waals surface area (Å²) in [6.45, 7) is 1.72. The van der Waals surface area contributed by atoms with Crippen LogP contribution < -0.4 is 10.2 Å². The quantitative estimate of drug-likeness (QED) is 0.488. The van der Waals surface area contributed by atoms with E-state index in [2.05, 4.69) is 25.2 Å². The lowest BCUT2D eigenvalue weighted by Gasteiger charge is -2.34. The Morgan fingerprint density at radius 1 is 1.25 bits per heavy atom. The normalized spacial score (nSPS) is 19.8. The van der Waals surface area contributed by atoms with Crippen LogP contribution in [0.1, 0.15) is 38.5 Å². The number of aromatic nitrogens is 3. The molecule has 0 spiro atoms. The van der Waals surface area contributed by atoms with Gasteiger partial charge in [-0.25, -0.2) is 14.4 Å². The molecule has 8 heteroatoms. The van der Waals surface area contributed by atoms with Crippen molar-refractivity contribution in [1.82, 2.24) is 15.0 Å². The molecule has 2 fully saturated rings. The van der Waals surface area contributed by atoms with Crippen LogP contribution in [0, 0.1) is 17.7 Å². The third-order valence-electron chi connectivity index (χ3n) is 6.50. The summed E-state index contributed by atoms with van der Waals surface area (Å²) in [4.78, 5) is 27.5. The molecule has 2 aromatic heterocycles. The second kappa shape index (κ2) is 9.06. The molecule has 1 aromatic carbocycles. The summed E-state index contributed by atoms with van der Waals surface area (Å²) in [5.41, 5.74) is 1.39. The van der Waals surface area contributed by atoms with Gasteiger partial charge < -0.3 is 15.2 Å². The molecule has 32 heavy (non-hydrogen) atoms. The van der Waals surface area contributed by atoms with Gasteiger partial charge in [-0.2, -0.15) is 0 Å². The second-order valence-corrected chi connectivity index (χ2v) is 9.53. The van der Waals surface area contributed by atoms with E-state index in [1.54, 1.807) is 12.4 Å². The number of hydrogen-bond donors (Lipinski definition) is 2. The minimum absolute atomic E-state index is 0.193. The molecule has 1 saturated heterocycles. The van der Waals surface area contributed by atoms with E-state index >= 15 is 0 Å². The number of rotatable bonds is 8. The molecular formula is C24H27ClFN5O. The second-order valence-electron chi connectivity index (χ2n) is 9.10. The van der Waals surface area contributed by atoms with E-state index in [0.29, 0.717) is 23.0 Å². The maximum Gasteiger partial charge on any atom is 0.155 e. The molecule has 0 amide bonds. The Morgan fingerprint density at radius 2 is 2.12 bits per heavy atom. The highest BCUT2D eigenvalue weighted by Crippen LogP contribution is 2.36. The minimum atomic E-state index is -0.401. The molecule has 0 radical (unpaired) electrons. The number of fused-ring (bicyclic) bond motifs is 1. The lowest BCUT2D eigenvalue weighted by atomic mass is 9.89. The molecule has 1 saturated carbocycles. The summed E-state index contributed by atoms with van der Waals surface area (Å²) in [7, 11) is 0. The van der Waals surface area contributed by atoms with Gasteiger partial charge in [-0.3, -0.25) is 4.79 Å². The van der Waals surface area contributed by atoms with Crippen LogP contribution >= 0.6 is 11.6 Å². The van der Waals surface area contributed by atoms with E-state index in [1.165, 1.54) is 12.1 Å². The van der Waals surface area contributed by atoms with Crippen LogP contribution in [-0.4, -0.2) is 39.9 Å². The van der Waals surface area contributed by atoms with Crippen LogP contribution in [0.15, 0.2) is 36.8 Å². The first kappa shape index (κ1) is 21.2. The highest BCUT2D eigenvalue weighted by molar-refractivity contribution is 6.30. The van der Waals surface area contributed by atoms with E-state index in [1.807, 2.05) is 12.3 Å². The fourth-order valence-corrected chi connectivity index (χ4v) is 4.98. The summed E-state index contributed by atoms with van der Waals surface area (Å²) in [6.07, 6.45) is 9.12. The highest BCUT2D eigenvalue weighted by Gasteiger charge is 2.32. The maximum atomic E-state index is 13.8. The van der Waals surface area contributed by atoms with Gasteiger partial charge in [0.15, 0.2) is 5.78 Å². The van der Waals surface area contributed by atoms with Crippen LogP contribution in [-0.2, 0) is 4.79 Å². The topological polar surface area (TPSA) is 73.9 Å². The van der Waals surface area contributed by atoms with Gasteiger partial charge in [-0.1, -0.05) is 24.4 Å². The summed E-state index contributed by atoms with van der Waals surface area (Å²) >= 11 is 6.01. The third kappa shape index (κ3) is 4.88. The summed E-state index contributed by atoms with van der Waals surface area (Å²) in [6, 6.07) is 6.04. The molecular weight excluding hydrogens is 429 g/mol. The number of benzene rings is 1. The molecule has 1 aliphatic carbocycles. The van der Waals surface area contributed by atoms with Gasteiger partial charge in [0.1, 0.15) is 23.6 Å². The summed E-state index contributed by atoms with van der Waals surface area (Å²) < 4.78 is 13.8. The number of ketones is 1. The number of halogens is 2. The van der Waals surface area contributed by atoms with Crippen molar-refractivity contribution in [3.05, 3.63) is 47.6 Å². The SMILES string of the molecule is O=C(C[C@@H]1CCCN(c2ncnc3[nH]ccc23)C1)[C@@H](CC1CC1)Nc1cc(F)cc(Cl)c1. The molecule has 2 N–H and O–H groups in total. The van der Waals surface area contributed by atoms with E-state index in [9.17, 15) is 9.18 Å². The third-order valence-corrected chi connectivity index (χ3v) is 6.72. The Labute approximate surface area is 191 Å². The zero-order valence-electron chi connectivity index (χ0n) is 17.9. The predicted octanol–water partition coefficient (Wildman–Crippen LogP) is 5.21. The van der Waals surface area contributed by atoms with Crippen LogP contribution in [0.4, 0.5) is 15.9 Å². The van der Waals surface area contributed by atoms with Crippen molar-refractivity contribution in [2.75, 3.05) is 23.3 Å². The molecule has 3 aromatic rings. The number of H-pyrrole nitrogens is 1. The Balaban J connectivity index is 1.27. The molecule has 6 nitrogen and oxygen atoms in total. The molecule has 0 bridgehead atoms. The van der Waals surface area contributed by atoms with Crippen molar-refractivity contribution in [1.29, 1.82) is 0 Å². The van der Waals surface area contributed by atoms with Crippen LogP contribution in [0.3, 0.4) is 0 Å². The van der Waals surface area contributed by atoms with Crippen LogP contribution in [0.25, 0.3) is 11.0 Å². The number of anilines is 2. The van der Waals surface area contributed by atoms with E-state index in [4.69, 9.17) is 11.6 Å². The minimum Gasteiger partial charge on any atom is -0.375 e. The first-order chi connectivity index (χ1) is 15.5. The standard InChI is InChI=1S/C24H27ClFN5O/c25-17-10-18(26)12-19(11-17)30-21(8-15-3-4-15)22(32)9-16-2-1-7-31(13-16)24-20-5-6-27-23(20)28-14-29-24/h5-6,10-12,14-16,21,30H,1-4,7-9,13H2,(H,27,28,29)/t16-,21+/m0/s1. The molecule has 3 heterocycles. The average Bonchev–Trinajstić information content (AvgIpc) is 3.45. The number of nitrogens with zero attached hydrogens (tertiary/aromatic N) is 3. The average molecular weight is 456 g/mol. The van der Waals surface area contributed by atoms with Gasteiger partial charge >= 0.3 is 0 Å². The van der Waals surface area contributed by atoms with Gasteiger partial charge in [0.25, 0.3) is 0 Å². The van der Waals surface area contributed by atoms with Gasteiger partial charge in [-0.05, 0) is 55.4 Å². The van der Waals surface area contributed by atoms with Crippen molar-refractivity contribution in [2.45, 2.75) is 44.6 Å². The number of Topliss-reactive ketones (excluding diaryl/α,β-unsaturated/α-hetero) is 1. The Morgan fingerprint density at radius 3 is 2.94 bits per heavy atom. The first-order valence-corrected chi connectivity index (χ1v) is 11.7. The van der Waals surface area contributed by atoms with Crippen molar-refractivity contribution < 1.29 is 9.18 Å². The Hall–Kier alpha value is -2.67. The maximum absolute atomic E-state index is 13.8. The van der Waals surface area contributed by atoms with E-state index in [-0.39, 0.29) is 17.7 Å². The molecule has 168 valence electrons. The molecule has 5 rings (SSSR count). The van der Waals surface area contributed by atoms with Crippen molar-refractivity contribution in [3.8, 4) is 0 Å². The van der Waals surface area contributed by atoms with Gasteiger partial charge in [0, 0.05) is 36.4 Å². The number of piperidine rings is 1. The first-order valence-electron chi connectivity index (χ1n) is 11.3. The summed E-state index contributed by atoms with van der Waals surface area (Å²) in [5.74, 6) is 1.56. The number of carbonyl (C=O) groups excluding carboxylic acids is 1.